The normalized spacial score (nSPS) is 33.4. The van der Waals surface area contributed by atoms with E-state index in [1.165, 1.54) is 64.6 Å². The highest BCUT2D eigenvalue weighted by molar-refractivity contribution is 4.77. The Morgan fingerprint density at radius 2 is 2.13 bits per heavy atom. The maximum atomic E-state index is 3.64. The summed E-state index contributed by atoms with van der Waals surface area (Å²) in [6.45, 7) is 6.31. The molecular formula is C13H26N2. The summed E-state index contributed by atoms with van der Waals surface area (Å²) in [6, 6.07) is 1.68. The Balaban J connectivity index is 1.57. The van der Waals surface area contributed by atoms with Crippen molar-refractivity contribution in [2.75, 3.05) is 19.6 Å². The quantitative estimate of drug-likeness (QED) is 0.766. The van der Waals surface area contributed by atoms with Gasteiger partial charge in [-0.3, -0.25) is 0 Å². The van der Waals surface area contributed by atoms with E-state index in [1.807, 2.05) is 0 Å². The predicted molar refractivity (Wildman–Crippen MR) is 65.1 cm³/mol. The van der Waals surface area contributed by atoms with Crippen molar-refractivity contribution in [3.8, 4) is 0 Å². The van der Waals surface area contributed by atoms with E-state index in [0.29, 0.717) is 0 Å². The van der Waals surface area contributed by atoms with Gasteiger partial charge in [0.25, 0.3) is 0 Å². The zero-order chi connectivity index (χ0) is 10.5. The van der Waals surface area contributed by atoms with Crippen LogP contribution in [-0.4, -0.2) is 36.6 Å². The summed E-state index contributed by atoms with van der Waals surface area (Å²) in [5, 5.41) is 3.64. The van der Waals surface area contributed by atoms with E-state index in [0.717, 1.165) is 12.1 Å². The fraction of sp³-hybridized carbons (Fsp3) is 1.00. The van der Waals surface area contributed by atoms with Gasteiger partial charge in [-0.05, 0) is 65.1 Å². The second-order valence-electron chi connectivity index (χ2n) is 5.32. The lowest BCUT2D eigenvalue weighted by Gasteiger charge is -2.25. The molecule has 0 aromatic rings. The van der Waals surface area contributed by atoms with Gasteiger partial charge in [0.1, 0.15) is 0 Å². The number of nitrogens with one attached hydrogen (secondary N) is 1. The molecule has 2 fully saturated rings. The van der Waals surface area contributed by atoms with Gasteiger partial charge in [0, 0.05) is 12.1 Å². The number of hydrogen-bond acceptors (Lipinski definition) is 2. The molecule has 0 spiro atoms. The van der Waals surface area contributed by atoms with Crippen molar-refractivity contribution in [3.63, 3.8) is 0 Å². The molecule has 0 aliphatic carbocycles. The topological polar surface area (TPSA) is 15.3 Å². The van der Waals surface area contributed by atoms with Crippen LogP contribution >= 0.6 is 0 Å². The molecule has 2 saturated heterocycles. The molecule has 2 nitrogen and oxygen atoms in total. The SMILES string of the molecule is CC1CCCN1CCCC1CCCCN1. The summed E-state index contributed by atoms with van der Waals surface area (Å²) in [7, 11) is 0. The van der Waals surface area contributed by atoms with E-state index >= 15 is 0 Å². The van der Waals surface area contributed by atoms with Gasteiger partial charge < -0.3 is 10.2 Å². The van der Waals surface area contributed by atoms with Crippen LogP contribution in [0.1, 0.15) is 51.9 Å². The largest absolute Gasteiger partial charge is 0.314 e. The lowest BCUT2D eigenvalue weighted by molar-refractivity contribution is 0.253. The van der Waals surface area contributed by atoms with Crippen LogP contribution in [0.15, 0.2) is 0 Å². The first-order chi connectivity index (χ1) is 7.36. The van der Waals surface area contributed by atoms with Crippen molar-refractivity contribution < 1.29 is 0 Å². The Morgan fingerprint density at radius 1 is 1.20 bits per heavy atom. The molecule has 0 amide bonds. The maximum Gasteiger partial charge on any atom is 0.00675 e. The van der Waals surface area contributed by atoms with E-state index in [1.54, 1.807) is 0 Å². The third-order valence-electron chi connectivity index (χ3n) is 4.10. The van der Waals surface area contributed by atoms with E-state index in [2.05, 4.69) is 17.1 Å². The Kier molecular flexibility index (Phi) is 4.45. The summed E-state index contributed by atoms with van der Waals surface area (Å²) in [5.74, 6) is 0. The maximum absolute atomic E-state index is 3.64. The number of piperidine rings is 1. The second kappa shape index (κ2) is 5.86. The first kappa shape index (κ1) is 11.4. The molecule has 88 valence electrons. The van der Waals surface area contributed by atoms with Crippen molar-refractivity contribution in [2.24, 2.45) is 0 Å². The number of rotatable bonds is 4. The lowest BCUT2D eigenvalue weighted by atomic mass is 10.0. The van der Waals surface area contributed by atoms with Crippen LogP contribution in [0.4, 0.5) is 0 Å². The molecular weight excluding hydrogens is 184 g/mol. The van der Waals surface area contributed by atoms with Crippen LogP contribution < -0.4 is 5.32 Å². The molecule has 2 rings (SSSR count). The summed E-state index contributed by atoms with van der Waals surface area (Å²) in [4.78, 5) is 2.67. The minimum atomic E-state index is 0.830. The van der Waals surface area contributed by atoms with Crippen LogP contribution in [0.25, 0.3) is 0 Å². The van der Waals surface area contributed by atoms with Gasteiger partial charge in [-0.25, -0.2) is 0 Å². The summed E-state index contributed by atoms with van der Waals surface area (Å²) in [5.41, 5.74) is 0. The first-order valence-corrected chi connectivity index (χ1v) is 6.83. The Labute approximate surface area is 94.4 Å². The molecule has 2 aliphatic rings. The first-order valence-electron chi connectivity index (χ1n) is 6.83. The van der Waals surface area contributed by atoms with Gasteiger partial charge >= 0.3 is 0 Å². The molecule has 2 aliphatic heterocycles. The Hall–Kier alpha value is -0.0800. The number of hydrogen-bond donors (Lipinski definition) is 1. The summed E-state index contributed by atoms with van der Waals surface area (Å²) in [6.07, 6.45) is 9.86. The Morgan fingerprint density at radius 3 is 2.80 bits per heavy atom. The van der Waals surface area contributed by atoms with Gasteiger partial charge in [-0.15, -0.1) is 0 Å². The number of nitrogens with zero attached hydrogens (tertiary/aromatic N) is 1. The molecule has 15 heavy (non-hydrogen) atoms. The van der Waals surface area contributed by atoms with Gasteiger partial charge in [-0.1, -0.05) is 6.42 Å². The third-order valence-corrected chi connectivity index (χ3v) is 4.10. The summed E-state index contributed by atoms with van der Waals surface area (Å²) < 4.78 is 0. The Bertz CT molecular complexity index is 175. The van der Waals surface area contributed by atoms with E-state index in [-0.39, 0.29) is 0 Å². The number of likely N-dealkylation sites (tertiary alicyclic amines) is 1. The molecule has 0 radical (unpaired) electrons. The van der Waals surface area contributed by atoms with Gasteiger partial charge in [0.15, 0.2) is 0 Å². The minimum absolute atomic E-state index is 0.830. The predicted octanol–water partition coefficient (Wildman–Crippen LogP) is 2.39. The summed E-state index contributed by atoms with van der Waals surface area (Å²) >= 11 is 0. The van der Waals surface area contributed by atoms with Crippen LogP contribution in [0.3, 0.4) is 0 Å². The molecule has 2 heteroatoms. The molecule has 2 heterocycles. The molecule has 0 aromatic heterocycles. The van der Waals surface area contributed by atoms with Crippen LogP contribution in [-0.2, 0) is 0 Å². The van der Waals surface area contributed by atoms with Gasteiger partial charge in [0.2, 0.25) is 0 Å². The van der Waals surface area contributed by atoms with E-state index in [4.69, 9.17) is 0 Å². The zero-order valence-corrected chi connectivity index (χ0v) is 10.2. The van der Waals surface area contributed by atoms with Crippen molar-refractivity contribution in [3.05, 3.63) is 0 Å². The minimum Gasteiger partial charge on any atom is -0.314 e. The highest BCUT2D eigenvalue weighted by Gasteiger charge is 2.20. The van der Waals surface area contributed by atoms with Crippen molar-refractivity contribution in [1.82, 2.24) is 10.2 Å². The lowest BCUT2D eigenvalue weighted by Crippen LogP contribution is -2.35. The highest BCUT2D eigenvalue weighted by Crippen LogP contribution is 2.18. The molecule has 0 aromatic carbocycles. The molecule has 2 unspecified atom stereocenters. The molecule has 1 N–H and O–H groups in total. The van der Waals surface area contributed by atoms with Gasteiger partial charge in [-0.2, -0.15) is 0 Å². The van der Waals surface area contributed by atoms with Crippen molar-refractivity contribution >= 4 is 0 Å². The van der Waals surface area contributed by atoms with E-state index in [9.17, 15) is 0 Å². The standard InChI is InChI=1S/C13H26N2/c1-12-6-4-10-15(12)11-5-8-13-7-2-3-9-14-13/h12-14H,2-11H2,1H3. The van der Waals surface area contributed by atoms with Gasteiger partial charge in [0.05, 0.1) is 0 Å². The van der Waals surface area contributed by atoms with E-state index < -0.39 is 0 Å². The van der Waals surface area contributed by atoms with Crippen molar-refractivity contribution in [2.45, 2.75) is 64.0 Å². The average molecular weight is 210 g/mol. The smallest absolute Gasteiger partial charge is 0.00675 e. The molecule has 2 atom stereocenters. The zero-order valence-electron chi connectivity index (χ0n) is 10.2. The molecule has 0 bridgehead atoms. The fourth-order valence-electron chi connectivity index (χ4n) is 3.04. The van der Waals surface area contributed by atoms with Crippen molar-refractivity contribution in [1.29, 1.82) is 0 Å². The fourth-order valence-corrected chi connectivity index (χ4v) is 3.04. The van der Waals surface area contributed by atoms with Crippen LogP contribution in [0, 0.1) is 0 Å². The molecule has 0 saturated carbocycles. The second-order valence-corrected chi connectivity index (χ2v) is 5.32. The monoisotopic (exact) mass is 210 g/mol. The average Bonchev–Trinajstić information content (AvgIpc) is 2.66. The van der Waals surface area contributed by atoms with Crippen LogP contribution in [0.2, 0.25) is 0 Å². The third kappa shape index (κ3) is 3.46. The highest BCUT2D eigenvalue weighted by atomic mass is 15.2. The van der Waals surface area contributed by atoms with Crippen LogP contribution in [0.5, 0.6) is 0 Å².